The van der Waals surface area contributed by atoms with Crippen LogP contribution in [0.5, 0.6) is 0 Å². The van der Waals surface area contributed by atoms with E-state index in [1.54, 1.807) is 0 Å². The van der Waals surface area contributed by atoms with Gasteiger partial charge in [-0.05, 0) is 29.0 Å². The van der Waals surface area contributed by atoms with Gasteiger partial charge in [0.25, 0.3) is 0 Å². The number of thiophene rings is 1. The Morgan fingerprint density at radius 2 is 1.52 bits per heavy atom. The van der Waals surface area contributed by atoms with Crippen LogP contribution in [0.2, 0.25) is 5.02 Å². The highest BCUT2D eigenvalue weighted by Crippen LogP contribution is 2.39. The van der Waals surface area contributed by atoms with Crippen LogP contribution in [0.1, 0.15) is 16.5 Å². The van der Waals surface area contributed by atoms with Gasteiger partial charge in [-0.25, -0.2) is 22.0 Å². The zero-order chi connectivity index (χ0) is 15.9. The molecule has 1 nitrogen and oxygen atoms in total. The number of hydrogen-bond acceptors (Lipinski definition) is 2. The lowest BCUT2D eigenvalue weighted by molar-refractivity contribution is 0.364. The molecule has 0 saturated carbocycles. The molecule has 0 radical (unpaired) electrons. The van der Waals surface area contributed by atoms with Crippen LogP contribution in [0, 0.1) is 29.1 Å². The van der Waals surface area contributed by atoms with E-state index in [9.17, 15) is 22.0 Å². The maximum absolute atomic E-state index is 13.8. The quantitative estimate of drug-likeness (QED) is 0.421. The lowest BCUT2D eigenvalue weighted by Crippen LogP contribution is -2.21. The summed E-state index contributed by atoms with van der Waals surface area (Å²) in [4.78, 5) is 0.303. The van der Waals surface area contributed by atoms with E-state index in [1.165, 1.54) is 13.1 Å². The normalized spacial score (nSPS) is 12.8. The Hall–Kier alpha value is -0.700. The van der Waals surface area contributed by atoms with Gasteiger partial charge >= 0.3 is 0 Å². The molecule has 1 atom stereocenters. The molecule has 9 heteroatoms. The summed E-state index contributed by atoms with van der Waals surface area (Å²) in [5.74, 6) is -9.89. The van der Waals surface area contributed by atoms with Gasteiger partial charge in [0, 0.05) is 4.88 Å². The van der Waals surface area contributed by atoms with Gasteiger partial charge in [0.05, 0.1) is 20.4 Å². The Balaban J connectivity index is 2.68. The second kappa shape index (κ2) is 6.20. The van der Waals surface area contributed by atoms with Gasteiger partial charge in [-0.1, -0.05) is 11.6 Å². The summed E-state index contributed by atoms with van der Waals surface area (Å²) in [5, 5.41) is 2.80. The molecule has 1 aromatic heterocycles. The second-order valence-corrected chi connectivity index (χ2v) is 6.78. The van der Waals surface area contributed by atoms with Gasteiger partial charge in [0.2, 0.25) is 5.82 Å². The van der Waals surface area contributed by atoms with E-state index < -0.39 is 40.7 Å². The van der Waals surface area contributed by atoms with Crippen LogP contribution in [0.15, 0.2) is 9.85 Å². The first-order valence-electron chi connectivity index (χ1n) is 5.42. The molecule has 21 heavy (non-hydrogen) atoms. The van der Waals surface area contributed by atoms with E-state index >= 15 is 0 Å². The molecule has 2 rings (SSSR count). The largest absolute Gasteiger partial charge is 0.308 e. The maximum Gasteiger partial charge on any atom is 0.200 e. The smallest absolute Gasteiger partial charge is 0.200 e. The highest BCUT2D eigenvalue weighted by atomic mass is 79.9. The first kappa shape index (κ1) is 16.7. The van der Waals surface area contributed by atoms with Crippen molar-refractivity contribution in [1.29, 1.82) is 0 Å². The van der Waals surface area contributed by atoms with Gasteiger partial charge in [-0.3, -0.25) is 0 Å². The molecule has 0 amide bonds. The van der Waals surface area contributed by atoms with Crippen LogP contribution in [0.4, 0.5) is 22.0 Å². The molecule has 1 N–H and O–H groups in total. The van der Waals surface area contributed by atoms with Crippen molar-refractivity contribution in [1.82, 2.24) is 5.32 Å². The van der Waals surface area contributed by atoms with Gasteiger partial charge in [0.15, 0.2) is 23.3 Å². The van der Waals surface area contributed by atoms with Crippen LogP contribution in [-0.2, 0) is 0 Å². The molecule has 0 bridgehead atoms. The summed E-state index contributed by atoms with van der Waals surface area (Å²) in [7, 11) is 1.34. The molecule has 114 valence electrons. The lowest BCUT2D eigenvalue weighted by Gasteiger charge is -2.17. The molecule has 1 heterocycles. The third-order valence-electron chi connectivity index (χ3n) is 2.77. The van der Waals surface area contributed by atoms with E-state index in [2.05, 4.69) is 21.2 Å². The predicted molar refractivity (Wildman–Crippen MR) is 74.2 cm³/mol. The Morgan fingerprint density at radius 3 is 1.90 bits per heavy atom. The van der Waals surface area contributed by atoms with Crippen molar-refractivity contribution < 1.29 is 22.0 Å². The van der Waals surface area contributed by atoms with Crippen molar-refractivity contribution in [2.45, 2.75) is 6.04 Å². The summed E-state index contributed by atoms with van der Waals surface area (Å²) in [5.41, 5.74) is -0.945. The highest BCUT2D eigenvalue weighted by molar-refractivity contribution is 9.11. The van der Waals surface area contributed by atoms with Crippen LogP contribution >= 0.6 is 38.9 Å². The summed E-state index contributed by atoms with van der Waals surface area (Å²) in [6.45, 7) is 0. The van der Waals surface area contributed by atoms with Crippen molar-refractivity contribution in [2.75, 3.05) is 7.05 Å². The van der Waals surface area contributed by atoms with Crippen LogP contribution < -0.4 is 5.32 Å². The zero-order valence-electron chi connectivity index (χ0n) is 10.2. The molecule has 0 aliphatic heterocycles. The van der Waals surface area contributed by atoms with Crippen molar-refractivity contribution in [3.05, 3.63) is 54.4 Å². The van der Waals surface area contributed by atoms with Gasteiger partial charge in [0.1, 0.15) is 0 Å². The van der Waals surface area contributed by atoms with Gasteiger partial charge in [-0.15, -0.1) is 11.3 Å². The van der Waals surface area contributed by atoms with Crippen molar-refractivity contribution in [2.24, 2.45) is 0 Å². The number of halogens is 7. The Morgan fingerprint density at radius 1 is 1.05 bits per heavy atom. The van der Waals surface area contributed by atoms with E-state index in [1.807, 2.05) is 0 Å². The Labute approximate surface area is 133 Å². The molecule has 1 unspecified atom stereocenters. The first-order chi connectivity index (χ1) is 9.79. The minimum Gasteiger partial charge on any atom is -0.308 e. The van der Waals surface area contributed by atoms with E-state index in [0.29, 0.717) is 8.66 Å². The molecular formula is C12H6BrClF5NS. The third kappa shape index (κ3) is 2.81. The Kier molecular flexibility index (Phi) is 4.92. The van der Waals surface area contributed by atoms with E-state index in [0.717, 1.165) is 11.3 Å². The Bertz CT molecular complexity index is 657. The zero-order valence-corrected chi connectivity index (χ0v) is 13.4. The number of rotatable bonds is 3. The lowest BCUT2D eigenvalue weighted by atomic mass is 10.0. The average molecular weight is 407 g/mol. The van der Waals surface area contributed by atoms with Gasteiger partial charge in [-0.2, -0.15) is 0 Å². The minimum atomic E-state index is -2.19. The minimum absolute atomic E-state index is 0.277. The second-order valence-electron chi connectivity index (χ2n) is 3.98. The number of nitrogens with one attached hydrogen (secondary N) is 1. The average Bonchev–Trinajstić information content (AvgIpc) is 2.78. The molecule has 0 aliphatic rings. The topological polar surface area (TPSA) is 12.0 Å². The van der Waals surface area contributed by atoms with Crippen LogP contribution in [0.3, 0.4) is 0 Å². The molecule has 0 spiro atoms. The first-order valence-corrected chi connectivity index (χ1v) is 7.41. The molecule has 0 aliphatic carbocycles. The summed E-state index contributed by atoms with van der Waals surface area (Å²) in [6.07, 6.45) is 0. The van der Waals surface area contributed by atoms with Crippen molar-refractivity contribution in [3.8, 4) is 0 Å². The standard InChI is InChI=1S/C12H6BrClF5NS/c1-20-11(4-2-3(14)12(13)21-4)5-6(15)8(17)10(19)9(18)7(5)16/h2,11,20H,1H3. The van der Waals surface area contributed by atoms with Crippen molar-refractivity contribution in [3.63, 3.8) is 0 Å². The van der Waals surface area contributed by atoms with Gasteiger partial charge < -0.3 is 5.32 Å². The summed E-state index contributed by atoms with van der Waals surface area (Å²) in [6, 6.07) is 0.165. The third-order valence-corrected chi connectivity index (χ3v) is 5.31. The van der Waals surface area contributed by atoms with Crippen LogP contribution in [0.25, 0.3) is 0 Å². The molecule has 1 aromatic carbocycles. The molecule has 0 saturated heterocycles. The monoisotopic (exact) mass is 405 g/mol. The highest BCUT2D eigenvalue weighted by Gasteiger charge is 2.31. The fourth-order valence-corrected chi connectivity index (χ4v) is 3.68. The molecular weight excluding hydrogens is 401 g/mol. The van der Waals surface area contributed by atoms with Crippen molar-refractivity contribution >= 4 is 38.9 Å². The maximum atomic E-state index is 13.8. The number of benzene rings is 1. The number of hydrogen-bond donors (Lipinski definition) is 1. The summed E-state index contributed by atoms with van der Waals surface area (Å²) >= 11 is 9.98. The van der Waals surface area contributed by atoms with E-state index in [4.69, 9.17) is 11.6 Å². The van der Waals surface area contributed by atoms with Crippen LogP contribution in [-0.4, -0.2) is 7.05 Å². The fraction of sp³-hybridized carbons (Fsp3) is 0.167. The SMILES string of the molecule is CNC(c1cc(Cl)c(Br)s1)c1c(F)c(F)c(F)c(F)c1F. The fourth-order valence-electron chi connectivity index (χ4n) is 1.81. The predicted octanol–water partition coefficient (Wildman–Crippen LogP) is 5.17. The molecule has 2 aromatic rings. The molecule has 0 fully saturated rings. The van der Waals surface area contributed by atoms with E-state index in [-0.39, 0.29) is 5.02 Å². The summed E-state index contributed by atoms with van der Waals surface area (Å²) < 4.78 is 67.8.